The molecule has 6 nitrogen and oxygen atoms in total. The lowest BCUT2D eigenvalue weighted by Crippen LogP contribution is -2.14. The van der Waals surface area contributed by atoms with Crippen LogP contribution in [0.25, 0.3) is 27.8 Å². The lowest BCUT2D eigenvalue weighted by Gasteiger charge is -2.11. The van der Waals surface area contributed by atoms with Gasteiger partial charge in [0.2, 0.25) is 0 Å². The lowest BCUT2D eigenvalue weighted by molar-refractivity contribution is 0.0995. The highest BCUT2D eigenvalue weighted by atomic mass is 19.1. The van der Waals surface area contributed by atoms with Gasteiger partial charge in [-0.2, -0.15) is 0 Å². The second kappa shape index (κ2) is 8.12. The van der Waals surface area contributed by atoms with E-state index in [9.17, 15) is 9.18 Å². The highest BCUT2D eigenvalue weighted by molar-refractivity contribution is 5.94. The number of carbonyl (C=O) groups excluding carboxylic acids is 1. The average molecular weight is 438 g/mol. The van der Waals surface area contributed by atoms with E-state index in [2.05, 4.69) is 4.98 Å². The highest BCUT2D eigenvalue weighted by Crippen LogP contribution is 2.29. The third-order valence-electron chi connectivity index (χ3n) is 5.31. The molecule has 3 aromatic carbocycles. The molecule has 162 valence electrons. The Hall–Kier alpha value is -4.65. The van der Waals surface area contributed by atoms with Crippen LogP contribution in [0.1, 0.15) is 10.5 Å². The van der Waals surface area contributed by atoms with Gasteiger partial charge in [0, 0.05) is 22.8 Å². The molecular formula is C26H19FN4O2. The number of fused-ring (bicyclic) bond motifs is 1. The van der Waals surface area contributed by atoms with Gasteiger partial charge in [-0.05, 0) is 78.9 Å². The van der Waals surface area contributed by atoms with Crippen molar-refractivity contribution in [2.45, 2.75) is 0 Å². The van der Waals surface area contributed by atoms with Crippen LogP contribution in [0.4, 0.5) is 10.1 Å². The average Bonchev–Trinajstić information content (AvgIpc) is 3.26. The zero-order valence-corrected chi connectivity index (χ0v) is 17.4. The maximum Gasteiger partial charge on any atom is 0.267 e. The minimum Gasteiger partial charge on any atom is -0.457 e. The molecule has 0 aliphatic carbocycles. The number of rotatable bonds is 5. The first-order valence-corrected chi connectivity index (χ1v) is 10.2. The van der Waals surface area contributed by atoms with Crippen molar-refractivity contribution >= 4 is 22.5 Å². The number of nitrogens with two attached hydrogens (primary N) is 2. The summed E-state index contributed by atoms with van der Waals surface area (Å²) in [6.45, 7) is 0. The number of aromatic nitrogens is 2. The van der Waals surface area contributed by atoms with Crippen LogP contribution >= 0.6 is 0 Å². The van der Waals surface area contributed by atoms with Gasteiger partial charge in [0.05, 0.1) is 16.9 Å². The number of nitrogens with zero attached hydrogens (tertiary/aromatic N) is 2. The Bertz CT molecular complexity index is 1480. The first-order chi connectivity index (χ1) is 16.0. The van der Waals surface area contributed by atoms with Gasteiger partial charge in [0.15, 0.2) is 0 Å². The summed E-state index contributed by atoms with van der Waals surface area (Å²) >= 11 is 0. The second-order valence-electron chi connectivity index (χ2n) is 7.51. The summed E-state index contributed by atoms with van der Waals surface area (Å²) in [5.41, 5.74) is 15.5. The molecule has 0 fully saturated rings. The Labute approximate surface area is 188 Å². The zero-order valence-electron chi connectivity index (χ0n) is 17.4. The molecule has 4 N–H and O–H groups in total. The number of amides is 1. The van der Waals surface area contributed by atoms with Gasteiger partial charge >= 0.3 is 0 Å². The van der Waals surface area contributed by atoms with Crippen LogP contribution in [0.15, 0.2) is 91.1 Å². The molecular weight excluding hydrogens is 419 g/mol. The maximum absolute atomic E-state index is 13.1. The van der Waals surface area contributed by atoms with E-state index in [1.807, 2.05) is 53.2 Å². The first kappa shape index (κ1) is 20.3. The molecule has 0 saturated heterocycles. The summed E-state index contributed by atoms with van der Waals surface area (Å²) in [6, 6.07) is 24.2. The number of hydrogen-bond acceptors (Lipinski definition) is 4. The Kier molecular flexibility index (Phi) is 4.99. The number of pyridine rings is 1. The monoisotopic (exact) mass is 438 g/mol. The Morgan fingerprint density at radius 3 is 2.30 bits per heavy atom. The summed E-state index contributed by atoms with van der Waals surface area (Å²) in [5.74, 6) is 0.167. The lowest BCUT2D eigenvalue weighted by atomic mass is 10.1. The Morgan fingerprint density at radius 2 is 1.61 bits per heavy atom. The molecule has 0 aliphatic heterocycles. The Morgan fingerprint density at radius 1 is 0.909 bits per heavy atom. The van der Waals surface area contributed by atoms with Gasteiger partial charge in [-0.15, -0.1) is 0 Å². The molecule has 0 unspecified atom stereocenters. The molecule has 0 atom stereocenters. The molecule has 33 heavy (non-hydrogen) atoms. The van der Waals surface area contributed by atoms with Crippen molar-refractivity contribution in [3.05, 3.63) is 103 Å². The van der Waals surface area contributed by atoms with Gasteiger partial charge in [-0.25, -0.2) is 9.37 Å². The SMILES string of the molecule is NC(=O)c1cc(-n2ccc3c(N)cccc32)cc(-c2ccc(Oc3ccc(F)cc3)cc2)n1. The number of anilines is 1. The van der Waals surface area contributed by atoms with Gasteiger partial charge in [-0.3, -0.25) is 4.79 Å². The topological polar surface area (TPSA) is 96.2 Å². The molecule has 2 aromatic heterocycles. The van der Waals surface area contributed by atoms with Crippen molar-refractivity contribution in [3.8, 4) is 28.4 Å². The zero-order chi connectivity index (χ0) is 22.9. The molecule has 0 spiro atoms. The number of benzene rings is 3. The summed E-state index contributed by atoms with van der Waals surface area (Å²) in [5, 5.41) is 0.916. The third kappa shape index (κ3) is 3.99. The number of carbonyl (C=O) groups is 1. The highest BCUT2D eigenvalue weighted by Gasteiger charge is 2.13. The predicted octanol–water partition coefficient (Wildman–Crippen LogP) is 5.31. The van der Waals surface area contributed by atoms with Crippen LogP contribution in [-0.4, -0.2) is 15.5 Å². The van der Waals surface area contributed by atoms with Crippen LogP contribution < -0.4 is 16.2 Å². The van der Waals surface area contributed by atoms with E-state index in [1.54, 1.807) is 30.3 Å². The number of primary amides is 1. The normalized spacial score (nSPS) is 10.9. The van der Waals surface area contributed by atoms with Crippen LogP contribution in [-0.2, 0) is 0 Å². The van der Waals surface area contributed by atoms with Crippen LogP contribution in [0.5, 0.6) is 11.5 Å². The van der Waals surface area contributed by atoms with Gasteiger partial charge in [0.25, 0.3) is 5.91 Å². The molecule has 5 rings (SSSR count). The Balaban J connectivity index is 1.52. The molecule has 0 bridgehead atoms. The summed E-state index contributed by atoms with van der Waals surface area (Å²) in [6.07, 6.45) is 1.89. The van der Waals surface area contributed by atoms with Crippen molar-refractivity contribution in [2.75, 3.05) is 5.73 Å². The van der Waals surface area contributed by atoms with Crippen molar-refractivity contribution in [1.29, 1.82) is 0 Å². The quantitative estimate of drug-likeness (QED) is 0.364. The molecule has 0 radical (unpaired) electrons. The smallest absolute Gasteiger partial charge is 0.267 e. The van der Waals surface area contributed by atoms with Crippen molar-refractivity contribution in [3.63, 3.8) is 0 Å². The number of nitrogen functional groups attached to an aromatic ring is 1. The molecule has 7 heteroatoms. The van der Waals surface area contributed by atoms with Gasteiger partial charge in [-0.1, -0.05) is 6.07 Å². The fraction of sp³-hybridized carbons (Fsp3) is 0. The molecule has 0 aliphatic rings. The second-order valence-corrected chi connectivity index (χ2v) is 7.51. The van der Waals surface area contributed by atoms with Crippen molar-refractivity contribution < 1.29 is 13.9 Å². The number of hydrogen-bond donors (Lipinski definition) is 2. The maximum atomic E-state index is 13.1. The van der Waals surface area contributed by atoms with Crippen molar-refractivity contribution in [1.82, 2.24) is 9.55 Å². The van der Waals surface area contributed by atoms with E-state index in [0.29, 0.717) is 22.9 Å². The minimum atomic E-state index is -0.620. The molecule has 5 aromatic rings. The fourth-order valence-electron chi connectivity index (χ4n) is 3.68. The largest absolute Gasteiger partial charge is 0.457 e. The van der Waals surface area contributed by atoms with Gasteiger partial charge in [0.1, 0.15) is 23.0 Å². The summed E-state index contributed by atoms with van der Waals surface area (Å²) in [7, 11) is 0. The number of ether oxygens (including phenoxy) is 1. The van der Waals surface area contributed by atoms with E-state index in [1.165, 1.54) is 12.1 Å². The van der Waals surface area contributed by atoms with E-state index >= 15 is 0 Å². The molecule has 1 amide bonds. The van der Waals surface area contributed by atoms with Crippen molar-refractivity contribution in [2.24, 2.45) is 5.73 Å². The predicted molar refractivity (Wildman–Crippen MR) is 126 cm³/mol. The molecule has 2 heterocycles. The van der Waals surface area contributed by atoms with E-state index in [0.717, 1.165) is 22.2 Å². The minimum absolute atomic E-state index is 0.153. The van der Waals surface area contributed by atoms with E-state index in [-0.39, 0.29) is 11.5 Å². The standard InChI is InChI=1S/C26H19FN4O2/c27-17-6-10-20(11-7-17)33-19-8-4-16(5-9-19)23-14-18(15-24(30-23)26(29)32)31-13-12-21-22(28)2-1-3-25(21)31/h1-15H,28H2,(H2,29,32). The fourth-order valence-corrected chi connectivity index (χ4v) is 3.68. The van der Waals surface area contributed by atoms with Gasteiger partial charge < -0.3 is 20.8 Å². The summed E-state index contributed by atoms with van der Waals surface area (Å²) in [4.78, 5) is 16.4. The van der Waals surface area contributed by atoms with E-state index in [4.69, 9.17) is 16.2 Å². The summed E-state index contributed by atoms with van der Waals surface area (Å²) < 4.78 is 20.8. The van der Waals surface area contributed by atoms with E-state index < -0.39 is 5.91 Å². The first-order valence-electron chi connectivity index (χ1n) is 10.2. The molecule has 0 saturated carbocycles. The van der Waals surface area contributed by atoms with Crippen LogP contribution in [0, 0.1) is 5.82 Å². The third-order valence-corrected chi connectivity index (χ3v) is 5.31. The number of halogens is 1. The van der Waals surface area contributed by atoms with Crippen LogP contribution in [0.3, 0.4) is 0 Å². The van der Waals surface area contributed by atoms with Crippen LogP contribution in [0.2, 0.25) is 0 Å².